The van der Waals surface area contributed by atoms with E-state index in [4.69, 9.17) is 4.98 Å². The summed E-state index contributed by atoms with van der Waals surface area (Å²) in [6.07, 6.45) is 1.79. The van der Waals surface area contributed by atoms with E-state index in [1.165, 1.54) is 6.07 Å². The van der Waals surface area contributed by atoms with Gasteiger partial charge in [0.25, 0.3) is 0 Å². The normalized spacial score (nSPS) is 17.2. The number of urea groups is 1. The Bertz CT molecular complexity index is 1090. The number of nitrogens with zero attached hydrogens (tertiary/aromatic N) is 2. The monoisotopic (exact) mass is 415 g/mol. The number of amides is 2. The van der Waals surface area contributed by atoms with Gasteiger partial charge >= 0.3 is 6.03 Å². The third-order valence-electron chi connectivity index (χ3n) is 4.93. The van der Waals surface area contributed by atoms with E-state index in [-0.39, 0.29) is 22.7 Å². The van der Waals surface area contributed by atoms with Gasteiger partial charge in [0.1, 0.15) is 5.01 Å². The lowest BCUT2D eigenvalue weighted by Crippen LogP contribution is -2.34. The van der Waals surface area contributed by atoms with Gasteiger partial charge in [0, 0.05) is 12.2 Å². The first kappa shape index (κ1) is 18.9. The van der Waals surface area contributed by atoms with Gasteiger partial charge in [0.05, 0.1) is 26.9 Å². The highest BCUT2D eigenvalue weighted by atomic mass is 32.2. The lowest BCUT2D eigenvalue weighted by molar-refractivity contribution is 0.207. The van der Waals surface area contributed by atoms with Gasteiger partial charge in [0.15, 0.2) is 9.84 Å². The molecule has 146 valence electrons. The van der Waals surface area contributed by atoms with Crippen LogP contribution in [-0.2, 0) is 9.84 Å². The van der Waals surface area contributed by atoms with Crippen LogP contribution < -0.4 is 5.32 Å². The van der Waals surface area contributed by atoms with Crippen LogP contribution in [0.3, 0.4) is 0 Å². The number of carbonyl (C=O) groups is 1. The van der Waals surface area contributed by atoms with Crippen LogP contribution in [0.2, 0.25) is 0 Å². The van der Waals surface area contributed by atoms with Gasteiger partial charge in [0.2, 0.25) is 0 Å². The van der Waals surface area contributed by atoms with E-state index in [1.54, 1.807) is 41.4 Å². The topological polar surface area (TPSA) is 79.4 Å². The third kappa shape index (κ3) is 3.62. The summed E-state index contributed by atoms with van der Waals surface area (Å²) in [5, 5.41) is 3.79. The van der Waals surface area contributed by atoms with Crippen molar-refractivity contribution >= 4 is 43.1 Å². The number of hydrogen-bond donors (Lipinski definition) is 1. The summed E-state index contributed by atoms with van der Waals surface area (Å²) < 4.78 is 25.3. The molecule has 1 aliphatic rings. The fraction of sp³-hybridized carbons (Fsp3) is 0.300. The van der Waals surface area contributed by atoms with Crippen molar-refractivity contribution < 1.29 is 13.2 Å². The maximum absolute atomic E-state index is 12.9. The van der Waals surface area contributed by atoms with Crippen LogP contribution in [0.4, 0.5) is 10.5 Å². The van der Waals surface area contributed by atoms with Gasteiger partial charge in [-0.15, -0.1) is 11.3 Å². The molecule has 6 nitrogen and oxygen atoms in total. The Morgan fingerprint density at radius 3 is 2.86 bits per heavy atom. The Labute approximate surface area is 168 Å². The highest BCUT2D eigenvalue weighted by Gasteiger charge is 2.32. The average molecular weight is 416 g/mol. The highest BCUT2D eigenvalue weighted by molar-refractivity contribution is 7.91. The summed E-state index contributed by atoms with van der Waals surface area (Å²) >= 11 is 1.62. The molecule has 1 atom stereocenters. The van der Waals surface area contributed by atoms with Crippen LogP contribution in [0.1, 0.15) is 30.8 Å². The number of thiazole rings is 1. The summed E-state index contributed by atoms with van der Waals surface area (Å²) in [7, 11) is -3.32. The predicted molar refractivity (Wildman–Crippen MR) is 111 cm³/mol. The molecule has 0 bridgehead atoms. The molecule has 2 heterocycles. The third-order valence-corrected chi connectivity index (χ3v) is 7.80. The molecule has 28 heavy (non-hydrogen) atoms. The summed E-state index contributed by atoms with van der Waals surface area (Å²) in [5.41, 5.74) is 1.43. The predicted octanol–water partition coefficient (Wildman–Crippen LogP) is 4.46. The van der Waals surface area contributed by atoms with Gasteiger partial charge < -0.3 is 10.2 Å². The molecule has 1 saturated heterocycles. The highest BCUT2D eigenvalue weighted by Crippen LogP contribution is 2.36. The molecule has 2 amide bonds. The van der Waals surface area contributed by atoms with Crippen LogP contribution in [-0.4, -0.2) is 36.6 Å². The molecule has 1 fully saturated rings. The van der Waals surface area contributed by atoms with Gasteiger partial charge in [-0.05, 0) is 43.2 Å². The standard InChI is InChI=1S/C20H21N3O3S2/c1-2-28(25,26)15-8-5-7-14(13-15)21-20(24)23-12-6-10-17(23)19-22-16-9-3-4-11-18(16)27-19/h3-5,7-9,11,13,17H,2,6,10,12H2,1H3,(H,21,24). The lowest BCUT2D eigenvalue weighted by atomic mass is 10.2. The van der Waals surface area contributed by atoms with Crippen molar-refractivity contribution in [2.45, 2.75) is 30.7 Å². The number of aromatic nitrogens is 1. The number of nitrogens with one attached hydrogen (secondary N) is 1. The van der Waals surface area contributed by atoms with Gasteiger partial charge in [-0.2, -0.15) is 0 Å². The van der Waals surface area contributed by atoms with E-state index in [9.17, 15) is 13.2 Å². The van der Waals surface area contributed by atoms with Crippen molar-refractivity contribution in [3.8, 4) is 0 Å². The van der Waals surface area contributed by atoms with Crippen molar-refractivity contribution in [3.05, 3.63) is 53.5 Å². The van der Waals surface area contributed by atoms with Crippen molar-refractivity contribution in [2.24, 2.45) is 0 Å². The fourth-order valence-corrected chi connectivity index (χ4v) is 5.47. The largest absolute Gasteiger partial charge is 0.322 e. The Balaban J connectivity index is 1.55. The van der Waals surface area contributed by atoms with E-state index >= 15 is 0 Å². The minimum atomic E-state index is -3.32. The number of fused-ring (bicyclic) bond motifs is 1. The zero-order valence-electron chi connectivity index (χ0n) is 15.5. The molecule has 0 aliphatic carbocycles. The molecule has 0 radical (unpaired) electrons. The van der Waals surface area contributed by atoms with E-state index in [1.807, 2.05) is 24.3 Å². The molecular weight excluding hydrogens is 394 g/mol. The van der Waals surface area contributed by atoms with Gasteiger partial charge in [-0.3, -0.25) is 0 Å². The Hall–Kier alpha value is -2.45. The minimum Gasteiger partial charge on any atom is -0.315 e. The van der Waals surface area contributed by atoms with E-state index in [0.717, 1.165) is 28.1 Å². The number of carbonyl (C=O) groups excluding carboxylic acids is 1. The number of sulfone groups is 1. The second kappa shape index (κ2) is 7.52. The maximum atomic E-state index is 12.9. The first-order chi connectivity index (χ1) is 13.5. The van der Waals surface area contributed by atoms with Crippen LogP contribution in [0, 0.1) is 0 Å². The van der Waals surface area contributed by atoms with Crippen LogP contribution >= 0.6 is 11.3 Å². The maximum Gasteiger partial charge on any atom is 0.322 e. The van der Waals surface area contributed by atoms with Crippen LogP contribution in [0.15, 0.2) is 53.4 Å². The first-order valence-corrected chi connectivity index (χ1v) is 11.7. The lowest BCUT2D eigenvalue weighted by Gasteiger charge is -2.23. The first-order valence-electron chi connectivity index (χ1n) is 9.24. The zero-order valence-corrected chi connectivity index (χ0v) is 17.1. The Morgan fingerprint density at radius 2 is 2.07 bits per heavy atom. The molecule has 1 aromatic heterocycles. The summed E-state index contributed by atoms with van der Waals surface area (Å²) in [6.45, 7) is 2.26. The molecule has 0 saturated carbocycles. The minimum absolute atomic E-state index is 0.0240. The van der Waals surface area contributed by atoms with Crippen LogP contribution in [0.25, 0.3) is 10.2 Å². The van der Waals surface area contributed by atoms with Crippen molar-refractivity contribution in [1.29, 1.82) is 0 Å². The summed E-state index contributed by atoms with van der Waals surface area (Å²) in [5.74, 6) is 0.0240. The van der Waals surface area contributed by atoms with Crippen molar-refractivity contribution in [1.82, 2.24) is 9.88 Å². The Kier molecular flexibility index (Phi) is 5.07. The SMILES string of the molecule is CCS(=O)(=O)c1cccc(NC(=O)N2CCCC2c2nc3ccccc3s2)c1. The number of likely N-dealkylation sites (tertiary alicyclic amines) is 1. The summed E-state index contributed by atoms with van der Waals surface area (Å²) in [4.78, 5) is 19.6. The molecule has 8 heteroatoms. The van der Waals surface area contributed by atoms with E-state index < -0.39 is 9.84 Å². The smallest absolute Gasteiger partial charge is 0.315 e. The zero-order chi connectivity index (χ0) is 19.7. The number of rotatable bonds is 4. The second-order valence-electron chi connectivity index (χ2n) is 6.73. The molecule has 1 unspecified atom stereocenters. The van der Waals surface area contributed by atoms with Gasteiger partial charge in [-0.1, -0.05) is 25.1 Å². The van der Waals surface area contributed by atoms with E-state index in [0.29, 0.717) is 12.2 Å². The molecule has 3 aromatic rings. The number of benzene rings is 2. The number of hydrogen-bond acceptors (Lipinski definition) is 5. The average Bonchev–Trinajstić information content (AvgIpc) is 3.34. The molecular formula is C20H21N3O3S2. The molecule has 4 rings (SSSR count). The molecule has 0 spiro atoms. The van der Waals surface area contributed by atoms with Crippen molar-refractivity contribution in [3.63, 3.8) is 0 Å². The Morgan fingerprint density at radius 1 is 1.25 bits per heavy atom. The van der Waals surface area contributed by atoms with E-state index in [2.05, 4.69) is 5.32 Å². The second-order valence-corrected chi connectivity index (χ2v) is 10.1. The fourth-order valence-electron chi connectivity index (χ4n) is 3.43. The quantitative estimate of drug-likeness (QED) is 0.682. The number of anilines is 1. The van der Waals surface area contributed by atoms with Crippen LogP contribution in [0.5, 0.6) is 0 Å². The number of para-hydroxylation sites is 1. The molecule has 1 aliphatic heterocycles. The molecule has 1 N–H and O–H groups in total. The summed E-state index contributed by atoms with van der Waals surface area (Å²) in [6, 6.07) is 14.1. The van der Waals surface area contributed by atoms with Crippen molar-refractivity contribution in [2.75, 3.05) is 17.6 Å². The molecule has 2 aromatic carbocycles. The van der Waals surface area contributed by atoms with Gasteiger partial charge in [-0.25, -0.2) is 18.2 Å².